The third-order valence-electron chi connectivity index (χ3n) is 5.61. The van der Waals surface area contributed by atoms with Gasteiger partial charge in [-0.15, -0.1) is 0 Å². The highest BCUT2D eigenvalue weighted by molar-refractivity contribution is 7.90. The molecule has 0 spiro atoms. The Morgan fingerprint density at radius 1 is 1.07 bits per heavy atom. The third kappa shape index (κ3) is 5.01. The fourth-order valence-electron chi connectivity index (χ4n) is 4.03. The summed E-state index contributed by atoms with van der Waals surface area (Å²) in [6, 6.07) is 11.6. The van der Waals surface area contributed by atoms with Crippen LogP contribution in [0.5, 0.6) is 0 Å². The highest BCUT2D eigenvalue weighted by Gasteiger charge is 2.50. The van der Waals surface area contributed by atoms with Crippen molar-refractivity contribution >= 4 is 15.7 Å². The standard InChI is InChI=1S/C21H25F4N2O2S/c1-30(28,29)27(15-21(23,24)25,19-5-3-2-4-6-19)14-18-8-7-17(13-20(18)22)16-9-11-26-12-10-16/h2-8,13,16,26H,9-12,14-15H2,1H3/q+1. The van der Waals surface area contributed by atoms with Crippen LogP contribution in [0.2, 0.25) is 0 Å². The lowest BCUT2D eigenvalue weighted by molar-refractivity contribution is -0.135. The van der Waals surface area contributed by atoms with Crippen molar-refractivity contribution in [1.29, 1.82) is 0 Å². The molecule has 0 radical (unpaired) electrons. The van der Waals surface area contributed by atoms with E-state index in [-0.39, 0.29) is 17.2 Å². The van der Waals surface area contributed by atoms with Gasteiger partial charge in [0, 0.05) is 17.7 Å². The summed E-state index contributed by atoms with van der Waals surface area (Å²) >= 11 is 0. The number of piperidine rings is 1. The quantitative estimate of drug-likeness (QED) is 0.532. The highest BCUT2D eigenvalue weighted by Crippen LogP contribution is 2.36. The summed E-state index contributed by atoms with van der Waals surface area (Å²) in [6.07, 6.45) is -2.32. The van der Waals surface area contributed by atoms with Crippen molar-refractivity contribution in [2.24, 2.45) is 0 Å². The van der Waals surface area contributed by atoms with Gasteiger partial charge in [0.1, 0.15) is 18.0 Å². The molecule has 9 heteroatoms. The first-order valence-corrected chi connectivity index (χ1v) is 11.6. The van der Waals surface area contributed by atoms with Crippen LogP contribution in [0.25, 0.3) is 0 Å². The van der Waals surface area contributed by atoms with Crippen LogP contribution in [0.1, 0.15) is 29.9 Å². The predicted molar refractivity (Wildman–Crippen MR) is 109 cm³/mol. The summed E-state index contributed by atoms with van der Waals surface area (Å²) in [5.74, 6) is -0.511. The molecule has 1 N–H and O–H groups in total. The average molecular weight is 446 g/mol. The van der Waals surface area contributed by atoms with Crippen LogP contribution in [-0.2, 0) is 16.6 Å². The molecule has 1 aliphatic rings. The Kier molecular flexibility index (Phi) is 6.54. The minimum atomic E-state index is -4.77. The number of sulfonamides is 1. The van der Waals surface area contributed by atoms with Crippen molar-refractivity contribution in [2.45, 2.75) is 31.5 Å². The zero-order chi connectivity index (χ0) is 22.0. The molecule has 1 saturated heterocycles. The van der Waals surface area contributed by atoms with Gasteiger partial charge in [-0.3, -0.25) is 0 Å². The first-order valence-electron chi connectivity index (χ1n) is 9.70. The number of hydrogen-bond acceptors (Lipinski definition) is 3. The first kappa shape index (κ1) is 22.7. The Hall–Kier alpha value is -1.97. The van der Waals surface area contributed by atoms with Gasteiger partial charge in [-0.2, -0.15) is 25.5 Å². The molecule has 164 valence electrons. The van der Waals surface area contributed by atoms with E-state index >= 15 is 0 Å². The van der Waals surface area contributed by atoms with Crippen LogP contribution < -0.4 is 9.21 Å². The Balaban J connectivity index is 2.05. The maximum absolute atomic E-state index is 15.0. The van der Waals surface area contributed by atoms with E-state index < -0.39 is 39.0 Å². The number of nitrogens with one attached hydrogen (secondary N) is 1. The molecule has 0 aliphatic carbocycles. The van der Waals surface area contributed by atoms with Gasteiger partial charge >= 0.3 is 6.18 Å². The topological polar surface area (TPSA) is 46.2 Å². The van der Waals surface area contributed by atoms with Gasteiger partial charge in [-0.1, -0.05) is 30.3 Å². The lowest BCUT2D eigenvalue weighted by atomic mass is 9.89. The molecular formula is C21H25F4N2O2S+. The van der Waals surface area contributed by atoms with Gasteiger partial charge in [-0.25, -0.2) is 4.39 Å². The number of nitrogens with zero attached hydrogens (tertiary/aromatic N) is 1. The zero-order valence-electron chi connectivity index (χ0n) is 16.6. The largest absolute Gasteiger partial charge is 0.439 e. The van der Waals surface area contributed by atoms with Crippen molar-refractivity contribution in [1.82, 2.24) is 9.21 Å². The molecule has 0 bridgehead atoms. The van der Waals surface area contributed by atoms with E-state index in [4.69, 9.17) is 0 Å². The first-order chi connectivity index (χ1) is 14.0. The molecular weight excluding hydrogens is 420 g/mol. The van der Waals surface area contributed by atoms with Crippen LogP contribution >= 0.6 is 0 Å². The molecule has 1 unspecified atom stereocenters. The molecule has 2 aromatic carbocycles. The SMILES string of the molecule is CS(=O)(=O)[N+](Cc1ccc(C2CCNCC2)cc1F)(CC(F)(F)F)c1ccccc1. The van der Waals surface area contributed by atoms with E-state index in [0.717, 1.165) is 37.8 Å². The molecule has 2 aromatic rings. The minimum Gasteiger partial charge on any atom is -0.317 e. The maximum Gasteiger partial charge on any atom is 0.439 e. The monoisotopic (exact) mass is 445 g/mol. The molecule has 1 heterocycles. The predicted octanol–water partition coefficient (Wildman–Crippen LogP) is 4.32. The van der Waals surface area contributed by atoms with Gasteiger partial charge in [0.25, 0.3) is 10.0 Å². The summed E-state index contributed by atoms with van der Waals surface area (Å²) < 4.78 is 79.4. The summed E-state index contributed by atoms with van der Waals surface area (Å²) in [4.78, 5) is 0. The lowest BCUT2D eigenvalue weighted by Crippen LogP contribution is -2.57. The van der Waals surface area contributed by atoms with Gasteiger partial charge in [-0.05, 0) is 43.5 Å². The summed E-state index contributed by atoms with van der Waals surface area (Å²) in [5.41, 5.74) is 0.663. The maximum atomic E-state index is 15.0. The molecule has 1 atom stereocenters. The fourth-order valence-corrected chi connectivity index (χ4v) is 5.29. The number of para-hydroxylation sites is 1. The van der Waals surface area contributed by atoms with Crippen LogP contribution in [0.15, 0.2) is 48.5 Å². The molecule has 4 nitrogen and oxygen atoms in total. The van der Waals surface area contributed by atoms with E-state index in [1.165, 1.54) is 36.4 Å². The van der Waals surface area contributed by atoms with Crippen molar-refractivity contribution in [2.75, 3.05) is 25.9 Å². The molecule has 0 saturated carbocycles. The van der Waals surface area contributed by atoms with Crippen molar-refractivity contribution in [3.8, 4) is 0 Å². The lowest BCUT2D eigenvalue weighted by Gasteiger charge is -2.36. The summed E-state index contributed by atoms with van der Waals surface area (Å²) in [6.45, 7) is -0.657. The molecule has 1 fully saturated rings. The van der Waals surface area contributed by atoms with Gasteiger partial charge < -0.3 is 5.32 Å². The van der Waals surface area contributed by atoms with Crippen molar-refractivity contribution in [3.63, 3.8) is 0 Å². The number of halogens is 4. The van der Waals surface area contributed by atoms with Gasteiger partial charge in [0.05, 0.1) is 6.26 Å². The Morgan fingerprint density at radius 3 is 2.23 bits per heavy atom. The van der Waals surface area contributed by atoms with Crippen LogP contribution in [0.3, 0.4) is 0 Å². The van der Waals surface area contributed by atoms with E-state index in [1.807, 2.05) is 0 Å². The van der Waals surface area contributed by atoms with E-state index in [2.05, 4.69) is 5.32 Å². The second kappa shape index (κ2) is 8.64. The van der Waals surface area contributed by atoms with Gasteiger partial charge in [0.15, 0.2) is 6.54 Å². The average Bonchev–Trinajstić information content (AvgIpc) is 2.68. The normalized spacial score (nSPS) is 18.2. The molecule has 3 rings (SSSR count). The molecule has 0 aromatic heterocycles. The Morgan fingerprint density at radius 2 is 1.70 bits per heavy atom. The van der Waals surface area contributed by atoms with Crippen LogP contribution in [0, 0.1) is 5.82 Å². The molecule has 0 amide bonds. The van der Waals surface area contributed by atoms with Crippen LogP contribution in [-0.4, -0.2) is 40.5 Å². The van der Waals surface area contributed by atoms with E-state index in [0.29, 0.717) is 0 Å². The van der Waals surface area contributed by atoms with Crippen LogP contribution in [0.4, 0.5) is 23.2 Å². The Bertz CT molecular complexity index is 974. The second-order valence-electron chi connectivity index (χ2n) is 7.76. The van der Waals surface area contributed by atoms with Crippen molar-refractivity contribution < 1.29 is 26.0 Å². The minimum absolute atomic E-state index is 0.0563. The fraction of sp³-hybridized carbons (Fsp3) is 0.429. The van der Waals surface area contributed by atoms with Crippen molar-refractivity contribution in [3.05, 3.63) is 65.5 Å². The third-order valence-corrected chi connectivity index (χ3v) is 7.35. The summed E-state index contributed by atoms with van der Waals surface area (Å²) in [5, 5.41) is 3.23. The number of benzene rings is 2. The smallest absolute Gasteiger partial charge is 0.317 e. The highest BCUT2D eigenvalue weighted by atomic mass is 32.2. The van der Waals surface area contributed by atoms with Gasteiger partial charge in [0.2, 0.25) is 0 Å². The van der Waals surface area contributed by atoms with E-state index in [1.54, 1.807) is 12.1 Å². The Labute approximate surface area is 174 Å². The number of quaternary nitrogens is 1. The number of hydrogen-bond donors (Lipinski definition) is 1. The van der Waals surface area contributed by atoms with E-state index in [9.17, 15) is 26.0 Å². The molecule has 30 heavy (non-hydrogen) atoms. The zero-order valence-corrected chi connectivity index (χ0v) is 17.4. The number of rotatable bonds is 6. The second-order valence-corrected chi connectivity index (χ2v) is 9.93. The summed E-state index contributed by atoms with van der Waals surface area (Å²) in [7, 11) is -4.32. The molecule has 1 aliphatic heterocycles. The number of alkyl halides is 3.